The lowest BCUT2D eigenvalue weighted by Gasteiger charge is -2.12. The molecule has 1 aromatic heterocycles. The van der Waals surface area contributed by atoms with Crippen molar-refractivity contribution in [1.29, 1.82) is 0 Å². The molecule has 32 heavy (non-hydrogen) atoms. The molecule has 0 spiro atoms. The number of pyridine rings is 1. The fraction of sp³-hybridized carbons (Fsp3) is 0.143. The van der Waals surface area contributed by atoms with Gasteiger partial charge >= 0.3 is 6.18 Å². The van der Waals surface area contributed by atoms with Crippen LogP contribution in [-0.4, -0.2) is 26.2 Å². The molecule has 0 aliphatic rings. The lowest BCUT2D eigenvalue weighted by Crippen LogP contribution is -2.22. The van der Waals surface area contributed by atoms with Crippen LogP contribution in [0.2, 0.25) is 5.02 Å². The maximum absolute atomic E-state index is 13.0. The molecule has 0 amide bonds. The van der Waals surface area contributed by atoms with Gasteiger partial charge in [0.2, 0.25) is 0 Å². The van der Waals surface area contributed by atoms with E-state index in [1.54, 1.807) is 36.4 Å². The number of benzene rings is 2. The van der Waals surface area contributed by atoms with Gasteiger partial charge in [-0.05, 0) is 49.4 Å². The third-order valence-corrected chi connectivity index (χ3v) is 5.88. The number of halogens is 4. The molecule has 0 atom stereocenters. The zero-order valence-electron chi connectivity index (χ0n) is 16.8. The van der Waals surface area contributed by atoms with E-state index in [0.717, 1.165) is 5.56 Å². The first kappa shape index (κ1) is 23.6. The second kappa shape index (κ2) is 9.17. The number of nitrogens with one attached hydrogen (secondary N) is 1. The first-order chi connectivity index (χ1) is 15.0. The van der Waals surface area contributed by atoms with Crippen LogP contribution in [0.4, 0.5) is 13.2 Å². The van der Waals surface area contributed by atoms with Crippen LogP contribution in [0.5, 0.6) is 5.75 Å². The Morgan fingerprint density at radius 2 is 1.72 bits per heavy atom. The summed E-state index contributed by atoms with van der Waals surface area (Å²) in [5, 5.41) is 3.61. The molecule has 0 unspecified atom stereocenters. The molecule has 168 valence electrons. The van der Waals surface area contributed by atoms with E-state index in [0.29, 0.717) is 23.6 Å². The zero-order valence-corrected chi connectivity index (χ0v) is 18.4. The highest BCUT2D eigenvalue weighted by Gasteiger charge is 2.32. The van der Waals surface area contributed by atoms with E-state index in [1.807, 2.05) is 6.92 Å². The highest BCUT2D eigenvalue weighted by Crippen LogP contribution is 2.31. The minimum atomic E-state index is -4.64. The number of methoxy groups -OCH3 is 1. The molecule has 0 bridgehead atoms. The van der Waals surface area contributed by atoms with Crippen LogP contribution >= 0.6 is 11.6 Å². The van der Waals surface area contributed by atoms with Crippen molar-refractivity contribution in [1.82, 2.24) is 9.82 Å². The Morgan fingerprint density at radius 1 is 1.09 bits per heavy atom. The summed E-state index contributed by atoms with van der Waals surface area (Å²) >= 11 is 6.08. The fourth-order valence-corrected chi connectivity index (χ4v) is 3.71. The van der Waals surface area contributed by atoms with Crippen LogP contribution in [0.25, 0.3) is 0 Å². The summed E-state index contributed by atoms with van der Waals surface area (Å²) in [6.07, 6.45) is -4.03. The summed E-state index contributed by atoms with van der Waals surface area (Å²) in [5.74, 6) is 0.514. The number of ether oxygens (including phenoxy) is 1. The molecule has 2 aromatic carbocycles. The summed E-state index contributed by atoms with van der Waals surface area (Å²) in [6, 6.07) is 13.0. The second-order valence-corrected chi connectivity index (χ2v) is 8.72. The average Bonchev–Trinajstić information content (AvgIpc) is 2.74. The number of hydrazone groups is 1. The average molecular weight is 484 g/mol. The highest BCUT2D eigenvalue weighted by atomic mass is 35.5. The molecular weight excluding hydrogens is 467 g/mol. The van der Waals surface area contributed by atoms with Crippen molar-refractivity contribution in [2.24, 2.45) is 5.10 Å². The molecule has 3 rings (SSSR count). The van der Waals surface area contributed by atoms with Gasteiger partial charge in [0.25, 0.3) is 10.0 Å². The molecule has 11 heteroatoms. The third kappa shape index (κ3) is 5.38. The van der Waals surface area contributed by atoms with Gasteiger partial charge in [-0.3, -0.25) is 4.98 Å². The van der Waals surface area contributed by atoms with E-state index in [4.69, 9.17) is 16.3 Å². The molecule has 1 N–H and O–H groups in total. The molecule has 0 radical (unpaired) electrons. The van der Waals surface area contributed by atoms with Crippen LogP contribution in [0, 0.1) is 6.92 Å². The quantitative estimate of drug-likeness (QED) is 0.403. The maximum Gasteiger partial charge on any atom is 0.417 e. The van der Waals surface area contributed by atoms with Crippen molar-refractivity contribution in [2.45, 2.75) is 18.0 Å². The molecule has 3 aromatic rings. The van der Waals surface area contributed by atoms with E-state index in [1.165, 1.54) is 19.2 Å². The van der Waals surface area contributed by atoms with Gasteiger partial charge in [0.05, 0.1) is 22.6 Å². The van der Waals surface area contributed by atoms with E-state index in [2.05, 4.69) is 14.9 Å². The molecule has 0 saturated carbocycles. The van der Waals surface area contributed by atoms with Crippen LogP contribution in [0.1, 0.15) is 22.4 Å². The van der Waals surface area contributed by atoms with Crippen LogP contribution in [0.3, 0.4) is 0 Å². The number of hydrogen-bond donors (Lipinski definition) is 1. The molecular formula is C21H17ClF3N3O3S. The fourth-order valence-electron chi connectivity index (χ4n) is 2.65. The van der Waals surface area contributed by atoms with Gasteiger partial charge in [0.15, 0.2) is 0 Å². The van der Waals surface area contributed by atoms with Crippen molar-refractivity contribution in [2.75, 3.05) is 7.11 Å². The number of alkyl halides is 3. The SMILES string of the molecule is COc1ccc(/C(=N\NS(=O)(=O)c2ccc(C)cc2)c2ncc(C(F)(F)F)cc2Cl)cc1. The minimum absolute atomic E-state index is 0.0348. The summed E-state index contributed by atoms with van der Waals surface area (Å²) in [7, 11) is -2.59. The summed E-state index contributed by atoms with van der Waals surface area (Å²) in [5.41, 5.74) is -0.0160. The van der Waals surface area contributed by atoms with Gasteiger partial charge in [0, 0.05) is 11.8 Å². The molecule has 6 nitrogen and oxygen atoms in total. The van der Waals surface area contributed by atoms with Gasteiger partial charge in [-0.1, -0.05) is 29.3 Å². The molecule has 0 aliphatic heterocycles. The first-order valence-corrected chi connectivity index (χ1v) is 10.9. The normalized spacial score (nSPS) is 12.5. The van der Waals surface area contributed by atoms with Crippen molar-refractivity contribution in [3.05, 3.63) is 88.2 Å². The monoisotopic (exact) mass is 483 g/mol. The number of aryl methyl sites for hydroxylation is 1. The Labute approximate surface area is 187 Å². The second-order valence-electron chi connectivity index (χ2n) is 6.65. The summed E-state index contributed by atoms with van der Waals surface area (Å²) in [6.45, 7) is 1.81. The first-order valence-electron chi connectivity index (χ1n) is 9.05. The van der Waals surface area contributed by atoms with Gasteiger partial charge in [0.1, 0.15) is 17.2 Å². The number of sulfonamides is 1. The Hall–Kier alpha value is -3.11. The predicted molar refractivity (Wildman–Crippen MR) is 114 cm³/mol. The van der Waals surface area contributed by atoms with Crippen LogP contribution in [-0.2, 0) is 16.2 Å². The Balaban J connectivity index is 2.07. The van der Waals surface area contributed by atoms with Gasteiger partial charge < -0.3 is 4.74 Å². The number of aromatic nitrogens is 1. The van der Waals surface area contributed by atoms with Gasteiger partial charge in [-0.25, -0.2) is 0 Å². The Bertz CT molecular complexity index is 1240. The van der Waals surface area contributed by atoms with E-state index in [9.17, 15) is 21.6 Å². The Morgan fingerprint density at radius 3 is 2.25 bits per heavy atom. The number of hydrogen-bond acceptors (Lipinski definition) is 5. The molecule has 0 fully saturated rings. The standard InChI is InChI=1S/C21H17ClF3N3O3S/c1-13-3-9-17(10-4-13)32(29,30)28-27-19(14-5-7-16(31-2)8-6-14)20-18(22)11-15(12-26-20)21(23,24)25/h3-12,28H,1-2H3/b27-19+. The molecule has 0 saturated heterocycles. The smallest absolute Gasteiger partial charge is 0.417 e. The third-order valence-electron chi connectivity index (χ3n) is 4.37. The lowest BCUT2D eigenvalue weighted by molar-refractivity contribution is -0.137. The summed E-state index contributed by atoms with van der Waals surface area (Å²) in [4.78, 5) is 5.87. The van der Waals surface area contributed by atoms with Gasteiger partial charge in [-0.15, -0.1) is 0 Å². The Kier molecular flexibility index (Phi) is 6.75. The maximum atomic E-state index is 13.0. The number of rotatable bonds is 6. The van der Waals surface area contributed by atoms with Gasteiger partial charge in [-0.2, -0.15) is 31.5 Å². The zero-order chi connectivity index (χ0) is 23.5. The summed E-state index contributed by atoms with van der Waals surface area (Å²) < 4.78 is 69.4. The van der Waals surface area contributed by atoms with Crippen molar-refractivity contribution >= 4 is 27.3 Å². The highest BCUT2D eigenvalue weighted by molar-refractivity contribution is 7.89. The van der Waals surface area contributed by atoms with Crippen LogP contribution in [0.15, 0.2) is 70.8 Å². The van der Waals surface area contributed by atoms with Crippen LogP contribution < -0.4 is 9.57 Å². The van der Waals surface area contributed by atoms with E-state index < -0.39 is 21.8 Å². The minimum Gasteiger partial charge on any atom is -0.497 e. The van der Waals surface area contributed by atoms with E-state index >= 15 is 0 Å². The topological polar surface area (TPSA) is 80.6 Å². The number of nitrogens with zero attached hydrogens (tertiary/aromatic N) is 2. The molecule has 0 aliphatic carbocycles. The molecule has 1 heterocycles. The van der Waals surface area contributed by atoms with E-state index in [-0.39, 0.29) is 21.3 Å². The lowest BCUT2D eigenvalue weighted by atomic mass is 10.1. The van der Waals surface area contributed by atoms with Crippen molar-refractivity contribution in [3.8, 4) is 5.75 Å². The largest absolute Gasteiger partial charge is 0.497 e. The van der Waals surface area contributed by atoms with Crippen molar-refractivity contribution in [3.63, 3.8) is 0 Å². The predicted octanol–water partition coefficient (Wildman–Crippen LogP) is 4.80. The van der Waals surface area contributed by atoms with Crippen molar-refractivity contribution < 1.29 is 26.3 Å².